The molecule has 0 aliphatic carbocycles. The molecule has 182 valence electrons. The Morgan fingerprint density at radius 1 is 0.943 bits per heavy atom. The van der Waals surface area contributed by atoms with Crippen LogP contribution >= 0.6 is 0 Å². The lowest BCUT2D eigenvalue weighted by Crippen LogP contribution is -2.60. The van der Waals surface area contributed by atoms with Crippen molar-refractivity contribution in [2.24, 2.45) is 0 Å². The standard InChI is InChI=1S/C24H23N3O7S/c28-23-17(26-35(31,32)16-7-5-6-15(12-16)25-24(29)30)13-33-14-20(23)27-18-8-1-3-10-21(18)34-22-11-4-2-9-19(22)27/h1-12,17,20,23,25-26,28H,13-14H2,(H,29,30)/t17-,20+,23+/m1/s1. The number of carbonyl (C=O) groups is 1. The predicted molar refractivity (Wildman–Crippen MR) is 128 cm³/mol. The van der Waals surface area contributed by atoms with Gasteiger partial charge in [-0.15, -0.1) is 0 Å². The number of anilines is 3. The van der Waals surface area contributed by atoms with Gasteiger partial charge in [0.2, 0.25) is 10.0 Å². The van der Waals surface area contributed by atoms with Gasteiger partial charge < -0.3 is 24.6 Å². The molecule has 3 aromatic carbocycles. The van der Waals surface area contributed by atoms with Gasteiger partial charge in [0, 0.05) is 5.69 Å². The van der Waals surface area contributed by atoms with Crippen molar-refractivity contribution >= 4 is 33.2 Å². The van der Waals surface area contributed by atoms with Crippen LogP contribution in [0.1, 0.15) is 0 Å². The van der Waals surface area contributed by atoms with E-state index >= 15 is 0 Å². The first-order chi connectivity index (χ1) is 16.8. The zero-order valence-electron chi connectivity index (χ0n) is 18.4. The average molecular weight is 498 g/mol. The Kier molecular flexibility index (Phi) is 6.07. The van der Waals surface area contributed by atoms with Crippen LogP contribution in [0.5, 0.6) is 11.5 Å². The predicted octanol–water partition coefficient (Wildman–Crippen LogP) is 3.13. The van der Waals surface area contributed by atoms with E-state index in [1.165, 1.54) is 24.3 Å². The Labute approximate surface area is 201 Å². The minimum atomic E-state index is -4.09. The van der Waals surface area contributed by atoms with Crippen molar-refractivity contribution in [2.75, 3.05) is 23.4 Å². The number of para-hydroxylation sites is 4. The molecule has 0 aromatic heterocycles. The number of benzene rings is 3. The van der Waals surface area contributed by atoms with Crippen molar-refractivity contribution in [3.8, 4) is 11.5 Å². The van der Waals surface area contributed by atoms with E-state index in [-0.39, 0.29) is 23.8 Å². The highest BCUT2D eigenvalue weighted by atomic mass is 32.2. The molecule has 1 amide bonds. The Balaban J connectivity index is 1.43. The lowest BCUT2D eigenvalue weighted by molar-refractivity contribution is -0.0244. The van der Waals surface area contributed by atoms with Crippen LogP contribution in [0.3, 0.4) is 0 Å². The summed E-state index contributed by atoms with van der Waals surface area (Å²) in [6, 6.07) is 18.7. The third kappa shape index (κ3) is 4.54. The highest BCUT2D eigenvalue weighted by Crippen LogP contribution is 2.48. The summed E-state index contributed by atoms with van der Waals surface area (Å²) in [6.07, 6.45) is -2.43. The molecule has 0 unspecified atom stereocenters. The molecule has 0 bridgehead atoms. The summed E-state index contributed by atoms with van der Waals surface area (Å²) in [7, 11) is -4.09. The van der Waals surface area contributed by atoms with Crippen molar-refractivity contribution < 1.29 is 32.9 Å². The van der Waals surface area contributed by atoms with E-state index in [1.807, 2.05) is 53.4 Å². The van der Waals surface area contributed by atoms with E-state index in [4.69, 9.17) is 14.6 Å². The van der Waals surface area contributed by atoms with Crippen molar-refractivity contribution in [3.05, 3.63) is 72.8 Å². The van der Waals surface area contributed by atoms with Gasteiger partial charge in [-0.25, -0.2) is 17.9 Å². The van der Waals surface area contributed by atoms with Crippen molar-refractivity contribution in [3.63, 3.8) is 0 Å². The normalized spacial score (nSPS) is 21.4. The summed E-state index contributed by atoms with van der Waals surface area (Å²) in [5, 5.41) is 22.4. The summed E-state index contributed by atoms with van der Waals surface area (Å²) in [4.78, 5) is 12.7. The highest BCUT2D eigenvalue weighted by Gasteiger charge is 2.41. The van der Waals surface area contributed by atoms with Crippen LogP contribution in [0, 0.1) is 0 Å². The fourth-order valence-electron chi connectivity index (χ4n) is 4.33. The second-order valence-corrected chi connectivity index (χ2v) is 9.90. The Hall–Kier alpha value is -3.64. The van der Waals surface area contributed by atoms with Crippen molar-refractivity contribution in [1.29, 1.82) is 0 Å². The van der Waals surface area contributed by atoms with Crippen LogP contribution in [0.4, 0.5) is 21.9 Å². The van der Waals surface area contributed by atoms with Gasteiger partial charge in [0.15, 0.2) is 11.5 Å². The molecule has 2 aliphatic heterocycles. The third-order valence-electron chi connectivity index (χ3n) is 5.90. The van der Waals surface area contributed by atoms with Crippen LogP contribution in [-0.4, -0.2) is 56.1 Å². The molecule has 0 spiro atoms. The van der Waals surface area contributed by atoms with E-state index in [1.54, 1.807) is 0 Å². The summed E-state index contributed by atoms with van der Waals surface area (Å²) < 4.78 is 40.4. The van der Waals surface area contributed by atoms with E-state index in [2.05, 4.69) is 10.0 Å². The van der Waals surface area contributed by atoms with Gasteiger partial charge in [0.25, 0.3) is 0 Å². The number of carboxylic acid groups (broad SMARTS) is 1. The maximum absolute atomic E-state index is 13.1. The minimum Gasteiger partial charge on any atom is -0.465 e. The molecule has 1 fully saturated rings. The molecule has 0 radical (unpaired) electrons. The monoisotopic (exact) mass is 497 g/mol. The molecule has 2 heterocycles. The number of aliphatic hydroxyl groups excluding tert-OH is 1. The maximum atomic E-state index is 13.1. The summed E-state index contributed by atoms with van der Waals surface area (Å²) in [5.74, 6) is 1.23. The Bertz CT molecular complexity index is 1320. The van der Waals surface area contributed by atoms with E-state index in [0.29, 0.717) is 11.5 Å². The molecule has 11 heteroatoms. The molecule has 35 heavy (non-hydrogen) atoms. The van der Waals surface area contributed by atoms with Crippen LogP contribution in [0.2, 0.25) is 0 Å². The van der Waals surface area contributed by atoms with E-state index in [0.717, 1.165) is 11.4 Å². The first-order valence-corrected chi connectivity index (χ1v) is 12.3. The Morgan fingerprint density at radius 3 is 2.26 bits per heavy atom. The maximum Gasteiger partial charge on any atom is 0.409 e. The number of hydrogen-bond acceptors (Lipinski definition) is 7. The van der Waals surface area contributed by atoms with E-state index < -0.39 is 34.3 Å². The summed E-state index contributed by atoms with van der Waals surface area (Å²) >= 11 is 0. The lowest BCUT2D eigenvalue weighted by atomic mass is 9.98. The number of sulfonamides is 1. The quantitative estimate of drug-likeness (QED) is 0.422. The molecule has 2 aliphatic rings. The third-order valence-corrected chi connectivity index (χ3v) is 7.38. The van der Waals surface area contributed by atoms with Gasteiger partial charge in [0.05, 0.1) is 47.7 Å². The molecular weight excluding hydrogens is 474 g/mol. The van der Waals surface area contributed by atoms with Crippen LogP contribution in [0.15, 0.2) is 77.7 Å². The van der Waals surface area contributed by atoms with Crippen LogP contribution in [0.25, 0.3) is 0 Å². The van der Waals surface area contributed by atoms with Gasteiger partial charge in [-0.2, -0.15) is 0 Å². The molecule has 5 rings (SSSR count). The smallest absolute Gasteiger partial charge is 0.409 e. The molecule has 1 saturated heterocycles. The van der Waals surface area contributed by atoms with Gasteiger partial charge in [-0.3, -0.25) is 5.32 Å². The van der Waals surface area contributed by atoms with Crippen molar-refractivity contribution in [1.82, 2.24) is 4.72 Å². The van der Waals surface area contributed by atoms with Crippen molar-refractivity contribution in [2.45, 2.75) is 23.1 Å². The summed E-state index contributed by atoms with van der Waals surface area (Å²) in [5.41, 5.74) is 1.57. The average Bonchev–Trinajstić information content (AvgIpc) is 2.84. The number of aliphatic hydroxyl groups is 1. The largest absolute Gasteiger partial charge is 0.465 e. The summed E-state index contributed by atoms with van der Waals surface area (Å²) in [6.45, 7) is 0.137. The second-order valence-electron chi connectivity index (χ2n) is 8.19. The molecule has 3 atom stereocenters. The first-order valence-electron chi connectivity index (χ1n) is 10.9. The fraction of sp³-hybridized carbons (Fsp3) is 0.208. The van der Waals surface area contributed by atoms with Gasteiger partial charge in [-0.1, -0.05) is 30.3 Å². The number of hydrogen-bond donors (Lipinski definition) is 4. The van der Waals surface area contributed by atoms with Crippen LogP contribution in [-0.2, 0) is 14.8 Å². The molecule has 10 nitrogen and oxygen atoms in total. The SMILES string of the molecule is O=C(O)Nc1cccc(S(=O)(=O)N[C@@H]2COC[C@H](N3c4ccccc4Oc4ccccc43)[C@H]2O)c1. The number of amides is 1. The second kappa shape index (κ2) is 9.19. The zero-order valence-corrected chi connectivity index (χ0v) is 19.2. The lowest BCUT2D eigenvalue weighted by Gasteiger charge is -2.44. The molecular formula is C24H23N3O7S. The zero-order chi connectivity index (χ0) is 24.6. The van der Waals surface area contributed by atoms with Crippen LogP contribution < -0.4 is 19.7 Å². The first kappa shape index (κ1) is 23.1. The number of nitrogens with zero attached hydrogens (tertiary/aromatic N) is 1. The Morgan fingerprint density at radius 2 is 1.60 bits per heavy atom. The topological polar surface area (TPSA) is 137 Å². The molecule has 4 N–H and O–H groups in total. The van der Waals surface area contributed by atoms with Gasteiger partial charge >= 0.3 is 6.09 Å². The number of ether oxygens (including phenoxy) is 2. The van der Waals surface area contributed by atoms with Gasteiger partial charge in [0.1, 0.15) is 0 Å². The highest BCUT2D eigenvalue weighted by molar-refractivity contribution is 7.89. The van der Waals surface area contributed by atoms with Gasteiger partial charge in [-0.05, 0) is 42.5 Å². The molecule has 0 saturated carbocycles. The number of rotatable bonds is 5. The minimum absolute atomic E-state index is 0.0302. The number of fused-ring (bicyclic) bond motifs is 2. The fourth-order valence-corrected chi connectivity index (χ4v) is 5.62. The molecule has 3 aromatic rings. The number of nitrogens with one attached hydrogen (secondary N) is 2. The van der Waals surface area contributed by atoms with E-state index in [9.17, 15) is 18.3 Å².